The molecule has 0 aliphatic carbocycles. The van der Waals surface area contributed by atoms with Gasteiger partial charge in [-0.15, -0.1) is 0 Å². The van der Waals surface area contributed by atoms with Crippen molar-refractivity contribution in [1.82, 2.24) is 14.8 Å². The lowest BCUT2D eigenvalue weighted by Crippen LogP contribution is -2.28. The molecule has 8 nitrogen and oxygen atoms in total. The molecule has 3 amide bonds. The number of carbonyl (C=O) groups excluding carboxylic acids is 3. The Morgan fingerprint density at radius 3 is 2.69 bits per heavy atom. The molecule has 0 saturated heterocycles. The van der Waals surface area contributed by atoms with Gasteiger partial charge in [-0.2, -0.15) is 0 Å². The first-order chi connectivity index (χ1) is 14.1. The summed E-state index contributed by atoms with van der Waals surface area (Å²) in [5.41, 5.74) is 1.78. The third-order valence-electron chi connectivity index (χ3n) is 4.78. The molecule has 0 saturated carbocycles. The number of hydrogen-bond acceptors (Lipinski definition) is 8. The lowest BCUT2D eigenvalue weighted by atomic mass is 10.1. The normalized spacial score (nSPS) is 17.4. The number of imide groups is 1. The highest BCUT2D eigenvalue weighted by atomic mass is 32.2. The van der Waals surface area contributed by atoms with Crippen LogP contribution in [0.1, 0.15) is 32.0 Å². The monoisotopic (exact) mass is 425 g/mol. The van der Waals surface area contributed by atoms with E-state index in [4.69, 9.17) is 0 Å². The average Bonchev–Trinajstić information content (AvgIpc) is 3.47. The second-order valence-electron chi connectivity index (χ2n) is 6.64. The molecule has 2 aromatic rings. The smallest absolute Gasteiger partial charge is 0.261 e. The Morgan fingerprint density at radius 1 is 1.17 bits per heavy atom. The summed E-state index contributed by atoms with van der Waals surface area (Å²) < 4.78 is 0. The van der Waals surface area contributed by atoms with Crippen molar-refractivity contribution in [3.8, 4) is 0 Å². The van der Waals surface area contributed by atoms with Gasteiger partial charge in [0.15, 0.2) is 10.3 Å². The van der Waals surface area contributed by atoms with E-state index in [0.717, 1.165) is 28.8 Å². The van der Waals surface area contributed by atoms with E-state index in [1.165, 1.54) is 28.0 Å². The molecule has 29 heavy (non-hydrogen) atoms. The molecule has 3 aliphatic heterocycles. The molecule has 0 unspecified atom stereocenters. The maximum absolute atomic E-state index is 12.5. The molecule has 10 heteroatoms. The largest absolute Gasteiger partial charge is 0.322 e. The molecule has 0 bridgehead atoms. The Hall–Kier alpha value is -2.98. The van der Waals surface area contributed by atoms with E-state index in [9.17, 15) is 14.4 Å². The van der Waals surface area contributed by atoms with Gasteiger partial charge in [-0.05, 0) is 17.5 Å². The van der Waals surface area contributed by atoms with Gasteiger partial charge in [-0.25, -0.2) is 4.98 Å². The quantitative estimate of drug-likeness (QED) is 0.740. The van der Waals surface area contributed by atoms with E-state index in [1.54, 1.807) is 30.5 Å². The Kier molecular flexibility index (Phi) is 4.44. The predicted octanol–water partition coefficient (Wildman–Crippen LogP) is 2.53. The molecule has 0 fully saturated rings. The highest BCUT2D eigenvalue weighted by Gasteiger charge is 2.35. The van der Waals surface area contributed by atoms with Crippen molar-refractivity contribution in [3.63, 3.8) is 0 Å². The first kappa shape index (κ1) is 18.1. The highest BCUT2D eigenvalue weighted by molar-refractivity contribution is 8.16. The maximum atomic E-state index is 12.5. The number of thioether (sulfide) groups is 1. The van der Waals surface area contributed by atoms with Crippen molar-refractivity contribution in [3.05, 3.63) is 57.6 Å². The number of nitrogens with one attached hydrogen (secondary N) is 1. The van der Waals surface area contributed by atoms with Crippen LogP contribution in [-0.4, -0.2) is 50.8 Å². The minimum absolute atomic E-state index is 0.134. The molecule has 1 aromatic heterocycles. The Balaban J connectivity index is 1.22. The molecule has 4 heterocycles. The maximum Gasteiger partial charge on any atom is 0.261 e. The van der Waals surface area contributed by atoms with Gasteiger partial charge in [0.1, 0.15) is 0 Å². The first-order valence-electron chi connectivity index (χ1n) is 8.97. The van der Waals surface area contributed by atoms with E-state index >= 15 is 0 Å². The number of rotatable bonds is 5. The molecule has 146 valence electrons. The van der Waals surface area contributed by atoms with Crippen LogP contribution in [0, 0.1) is 0 Å². The van der Waals surface area contributed by atoms with Crippen LogP contribution in [0.4, 0.5) is 5.13 Å². The second-order valence-corrected chi connectivity index (χ2v) is 8.59. The van der Waals surface area contributed by atoms with E-state index in [0.29, 0.717) is 16.3 Å². The number of amides is 3. The zero-order chi connectivity index (χ0) is 20.0. The van der Waals surface area contributed by atoms with Gasteiger partial charge in [0, 0.05) is 23.3 Å². The summed E-state index contributed by atoms with van der Waals surface area (Å²) in [6.07, 6.45) is 1.83. The van der Waals surface area contributed by atoms with Crippen LogP contribution in [-0.2, 0) is 11.3 Å². The molecule has 0 spiro atoms. The van der Waals surface area contributed by atoms with Crippen LogP contribution in [0.15, 0.2) is 46.6 Å². The van der Waals surface area contributed by atoms with Crippen molar-refractivity contribution in [1.29, 1.82) is 0 Å². The Bertz CT molecular complexity index is 1070. The van der Waals surface area contributed by atoms with E-state index in [2.05, 4.69) is 20.2 Å². The number of hydrogen-bond donors (Lipinski definition) is 1. The average molecular weight is 425 g/mol. The van der Waals surface area contributed by atoms with Crippen molar-refractivity contribution < 1.29 is 14.4 Å². The Morgan fingerprint density at radius 2 is 1.93 bits per heavy atom. The van der Waals surface area contributed by atoms with Gasteiger partial charge in [0.05, 0.1) is 30.6 Å². The van der Waals surface area contributed by atoms with Crippen molar-refractivity contribution in [2.45, 2.75) is 13.0 Å². The number of benzene rings is 1. The SMILES string of the molecule is O=C(CC1=CSC2=NCCN12)Nc1ncc(CN2C(=O)c3ccccc3C2=O)s1. The zero-order valence-electron chi connectivity index (χ0n) is 15.1. The molecule has 5 rings (SSSR count). The number of aromatic nitrogens is 1. The molecule has 0 radical (unpaired) electrons. The van der Waals surface area contributed by atoms with Crippen LogP contribution in [0.25, 0.3) is 0 Å². The number of anilines is 1. The Labute approximate surface area is 174 Å². The van der Waals surface area contributed by atoms with E-state index < -0.39 is 0 Å². The van der Waals surface area contributed by atoms with E-state index in [1.807, 2.05) is 5.41 Å². The highest BCUT2D eigenvalue weighted by Crippen LogP contribution is 2.31. The van der Waals surface area contributed by atoms with Crippen molar-refractivity contribution >= 4 is 51.1 Å². The summed E-state index contributed by atoms with van der Waals surface area (Å²) >= 11 is 2.79. The van der Waals surface area contributed by atoms with Crippen LogP contribution < -0.4 is 5.32 Å². The summed E-state index contributed by atoms with van der Waals surface area (Å²) in [5.74, 6) is -0.775. The molecule has 3 aliphatic rings. The van der Waals surface area contributed by atoms with Crippen molar-refractivity contribution in [2.24, 2.45) is 4.99 Å². The standard InChI is InChI=1S/C19H15N5O3S2/c25-15(7-11-10-28-19-20-5-6-23(11)19)22-18-21-8-12(29-18)9-24-16(26)13-3-1-2-4-14(13)17(24)27/h1-4,8,10H,5-7,9H2,(H,21,22,25). The molecule has 0 atom stereocenters. The fraction of sp³-hybridized carbons (Fsp3) is 0.211. The predicted molar refractivity (Wildman–Crippen MR) is 111 cm³/mol. The van der Waals surface area contributed by atoms with Gasteiger partial charge >= 0.3 is 0 Å². The van der Waals surface area contributed by atoms with Gasteiger partial charge < -0.3 is 10.2 Å². The summed E-state index contributed by atoms with van der Waals surface area (Å²) in [7, 11) is 0. The topological polar surface area (TPSA) is 95.0 Å². The zero-order valence-corrected chi connectivity index (χ0v) is 16.8. The summed E-state index contributed by atoms with van der Waals surface area (Å²) in [4.78, 5) is 49.9. The van der Waals surface area contributed by atoms with Gasteiger partial charge in [0.25, 0.3) is 11.8 Å². The number of thiazole rings is 1. The minimum Gasteiger partial charge on any atom is -0.322 e. The third kappa shape index (κ3) is 3.23. The number of nitrogens with zero attached hydrogens (tertiary/aromatic N) is 4. The lowest BCUT2D eigenvalue weighted by Gasteiger charge is -2.15. The number of aliphatic imine (C=N–C) groups is 1. The third-order valence-corrected chi connectivity index (χ3v) is 6.63. The molecule has 1 aromatic carbocycles. The van der Waals surface area contributed by atoms with Crippen molar-refractivity contribution in [2.75, 3.05) is 18.4 Å². The number of fused-ring (bicyclic) bond motifs is 2. The molecule has 1 N–H and O–H groups in total. The van der Waals surface area contributed by atoms with Gasteiger partial charge in [-0.3, -0.25) is 24.3 Å². The van der Waals surface area contributed by atoms with Crippen LogP contribution in [0.2, 0.25) is 0 Å². The molecular formula is C19H15N5O3S2. The van der Waals surface area contributed by atoms with Crippen LogP contribution in [0.3, 0.4) is 0 Å². The van der Waals surface area contributed by atoms with Crippen LogP contribution in [0.5, 0.6) is 0 Å². The van der Waals surface area contributed by atoms with Gasteiger partial charge in [-0.1, -0.05) is 35.2 Å². The summed E-state index contributed by atoms with van der Waals surface area (Å²) in [6.45, 7) is 1.70. The summed E-state index contributed by atoms with van der Waals surface area (Å²) in [5, 5.41) is 6.15. The molecular weight excluding hydrogens is 410 g/mol. The van der Waals surface area contributed by atoms with Gasteiger partial charge in [0.2, 0.25) is 5.91 Å². The fourth-order valence-electron chi connectivity index (χ4n) is 3.42. The first-order valence-corrected chi connectivity index (χ1v) is 10.7. The number of carbonyl (C=O) groups is 3. The lowest BCUT2D eigenvalue weighted by molar-refractivity contribution is -0.115. The number of amidine groups is 1. The summed E-state index contributed by atoms with van der Waals surface area (Å²) in [6, 6.07) is 6.78. The second kappa shape index (κ2) is 7.12. The van der Waals surface area contributed by atoms with E-state index in [-0.39, 0.29) is 30.7 Å². The van der Waals surface area contributed by atoms with Crippen LogP contribution >= 0.6 is 23.1 Å². The fourth-order valence-corrected chi connectivity index (χ4v) is 5.19. The minimum atomic E-state index is -0.307.